The number of hydrazone groups is 1. The van der Waals surface area contributed by atoms with Crippen molar-refractivity contribution in [2.24, 2.45) is 5.10 Å². The number of ether oxygens (including phenoxy) is 2. The van der Waals surface area contributed by atoms with Crippen LogP contribution in [0.4, 0.5) is 5.82 Å². The van der Waals surface area contributed by atoms with E-state index < -0.39 is 5.97 Å². The number of hydrogen-bond donors (Lipinski definition) is 0. The van der Waals surface area contributed by atoms with Gasteiger partial charge in [-0.25, -0.2) is 9.80 Å². The maximum Gasteiger partial charge on any atom is 0.342 e. The first-order chi connectivity index (χ1) is 12.3. The van der Waals surface area contributed by atoms with Gasteiger partial charge in [0.05, 0.1) is 26.2 Å². The quantitative estimate of drug-likeness (QED) is 0.449. The monoisotopic (exact) mass is 378 g/mol. The van der Waals surface area contributed by atoms with Crippen LogP contribution < -0.4 is 4.90 Å². The van der Waals surface area contributed by atoms with Gasteiger partial charge in [-0.2, -0.15) is 5.10 Å². The highest BCUT2D eigenvalue weighted by Crippen LogP contribution is 2.46. The Labute approximate surface area is 156 Å². The van der Waals surface area contributed by atoms with E-state index in [1.54, 1.807) is 6.34 Å². The maximum absolute atomic E-state index is 12.1. The Morgan fingerprint density at radius 3 is 2.69 bits per heavy atom. The number of esters is 1. The first-order valence-electron chi connectivity index (χ1n) is 8.06. The Morgan fingerprint density at radius 2 is 2.12 bits per heavy atom. The van der Waals surface area contributed by atoms with Crippen LogP contribution in [0.15, 0.2) is 38.1 Å². The number of methoxy groups -OCH3 is 2. The smallest absolute Gasteiger partial charge is 0.342 e. The van der Waals surface area contributed by atoms with E-state index in [0.29, 0.717) is 11.4 Å². The lowest BCUT2D eigenvalue weighted by atomic mass is 9.93. The maximum atomic E-state index is 12.1. The van der Waals surface area contributed by atoms with Gasteiger partial charge in [-0.1, -0.05) is 37.7 Å². The highest BCUT2D eigenvalue weighted by Gasteiger charge is 2.42. The molecule has 0 saturated heterocycles. The van der Waals surface area contributed by atoms with E-state index in [4.69, 9.17) is 14.0 Å². The molecule has 1 aromatic rings. The Bertz CT molecular complexity index is 806. The molecular weight excluding hydrogens is 356 g/mol. The summed E-state index contributed by atoms with van der Waals surface area (Å²) in [4.78, 5) is 14.8. The lowest BCUT2D eigenvalue weighted by Crippen LogP contribution is -2.33. The lowest BCUT2D eigenvalue weighted by molar-refractivity contribution is -0.135. The summed E-state index contributed by atoms with van der Waals surface area (Å²) < 4.78 is 15.4. The molecule has 0 spiro atoms. The van der Waals surface area contributed by atoms with Crippen LogP contribution in [-0.2, 0) is 19.7 Å². The van der Waals surface area contributed by atoms with Gasteiger partial charge in [0.15, 0.2) is 11.3 Å². The molecule has 0 bridgehead atoms. The molecule has 0 aliphatic carbocycles. The average molecular weight is 378 g/mol. The fourth-order valence-corrected chi connectivity index (χ4v) is 3.91. The zero-order valence-corrected chi connectivity index (χ0v) is 16.5. The van der Waals surface area contributed by atoms with Crippen LogP contribution in [-0.4, -0.2) is 42.2 Å². The van der Waals surface area contributed by atoms with E-state index in [2.05, 4.69) is 31.0 Å². The van der Waals surface area contributed by atoms with Crippen LogP contribution in [0, 0.1) is 0 Å². The van der Waals surface area contributed by atoms with Gasteiger partial charge in [0.1, 0.15) is 17.7 Å². The second-order valence-corrected chi connectivity index (χ2v) is 7.97. The van der Waals surface area contributed by atoms with Crippen molar-refractivity contribution < 1.29 is 18.8 Å². The van der Waals surface area contributed by atoms with Crippen LogP contribution >= 0.6 is 11.8 Å². The zero-order chi connectivity index (χ0) is 19.1. The zero-order valence-electron chi connectivity index (χ0n) is 15.6. The third-order valence-corrected chi connectivity index (χ3v) is 5.42. The predicted molar refractivity (Wildman–Crippen MR) is 99.2 cm³/mol. The molecule has 8 nitrogen and oxygen atoms in total. The third-order valence-electron chi connectivity index (χ3n) is 4.03. The van der Waals surface area contributed by atoms with Gasteiger partial charge >= 0.3 is 5.97 Å². The van der Waals surface area contributed by atoms with Crippen molar-refractivity contribution in [3.05, 3.63) is 34.3 Å². The summed E-state index contributed by atoms with van der Waals surface area (Å²) in [6.45, 7) is 8.09. The van der Waals surface area contributed by atoms with Crippen LogP contribution in [0.2, 0.25) is 0 Å². The molecule has 1 aromatic heterocycles. The summed E-state index contributed by atoms with van der Waals surface area (Å²) in [7, 11) is 2.84. The summed E-state index contributed by atoms with van der Waals surface area (Å²) in [6, 6.07) is 1.91. The second-order valence-electron chi connectivity index (χ2n) is 6.90. The van der Waals surface area contributed by atoms with Gasteiger partial charge < -0.3 is 14.0 Å². The van der Waals surface area contributed by atoms with E-state index in [0.717, 1.165) is 16.4 Å². The van der Waals surface area contributed by atoms with Crippen molar-refractivity contribution in [3.63, 3.8) is 0 Å². The van der Waals surface area contributed by atoms with Crippen molar-refractivity contribution in [1.29, 1.82) is 0 Å². The largest absolute Gasteiger partial charge is 0.503 e. The van der Waals surface area contributed by atoms with Crippen molar-refractivity contribution in [2.45, 2.75) is 38.6 Å². The molecule has 1 atom stereocenters. The fraction of sp³-hybridized carbons (Fsp3) is 0.471. The van der Waals surface area contributed by atoms with E-state index in [9.17, 15) is 4.79 Å². The number of allylic oxidation sites excluding steroid dienone is 1. The van der Waals surface area contributed by atoms with E-state index in [1.807, 2.05) is 22.9 Å². The first kappa shape index (κ1) is 18.4. The van der Waals surface area contributed by atoms with Crippen LogP contribution in [0.5, 0.6) is 0 Å². The van der Waals surface area contributed by atoms with Crippen molar-refractivity contribution in [3.8, 4) is 0 Å². The van der Waals surface area contributed by atoms with Gasteiger partial charge in [-0.05, 0) is 6.92 Å². The SMILES string of the molecule is COC=C(C(=O)OC)C1=C(C)N2N=CN(c3cc(C(C)(C)C)on3)C2S1. The Balaban J connectivity index is 1.87. The van der Waals surface area contributed by atoms with Gasteiger partial charge in [-0.15, -0.1) is 0 Å². The number of hydrogen-bond acceptors (Lipinski definition) is 9. The normalized spacial score (nSPS) is 20.1. The third kappa shape index (κ3) is 3.07. The summed E-state index contributed by atoms with van der Waals surface area (Å²) in [5.41, 5.74) is 0.876. The number of carbonyl (C=O) groups is 1. The van der Waals surface area contributed by atoms with E-state index >= 15 is 0 Å². The molecule has 140 valence electrons. The van der Waals surface area contributed by atoms with Gasteiger partial charge in [0, 0.05) is 16.4 Å². The molecule has 0 radical (unpaired) electrons. The molecule has 0 amide bonds. The number of thioether (sulfide) groups is 1. The minimum absolute atomic E-state index is 0.136. The molecule has 3 heterocycles. The van der Waals surface area contributed by atoms with Crippen LogP contribution in [0.1, 0.15) is 33.5 Å². The van der Waals surface area contributed by atoms with Gasteiger partial charge in [-0.3, -0.25) is 4.90 Å². The van der Waals surface area contributed by atoms with Crippen LogP contribution in [0.3, 0.4) is 0 Å². The van der Waals surface area contributed by atoms with Crippen molar-refractivity contribution in [1.82, 2.24) is 10.2 Å². The summed E-state index contributed by atoms with van der Waals surface area (Å²) in [5, 5.41) is 10.4. The van der Waals surface area contributed by atoms with Gasteiger partial charge in [0.2, 0.25) is 0 Å². The van der Waals surface area contributed by atoms with E-state index in [-0.39, 0.29) is 10.9 Å². The molecule has 2 aliphatic rings. The van der Waals surface area contributed by atoms with Crippen LogP contribution in [0.25, 0.3) is 0 Å². The fourth-order valence-electron chi connectivity index (χ4n) is 2.59. The number of fused-ring (bicyclic) bond motifs is 1. The number of aromatic nitrogens is 1. The second kappa shape index (κ2) is 6.71. The molecular formula is C17H22N4O4S. The molecule has 0 aromatic carbocycles. The molecule has 2 aliphatic heterocycles. The first-order valence-corrected chi connectivity index (χ1v) is 8.94. The predicted octanol–water partition coefficient (Wildman–Crippen LogP) is 3.00. The highest BCUT2D eigenvalue weighted by molar-refractivity contribution is 8.04. The minimum Gasteiger partial charge on any atom is -0.503 e. The number of rotatable bonds is 4. The van der Waals surface area contributed by atoms with Crippen molar-refractivity contribution in [2.75, 3.05) is 19.1 Å². The Hall–Kier alpha value is -2.42. The molecule has 0 fully saturated rings. The molecule has 0 saturated carbocycles. The standard InChI is InChI=1S/C17H22N4O4S/c1-10-14(11(8-23-5)15(22)24-6)26-16-20(9-18-21(10)16)13-7-12(25-19-13)17(2,3)4/h7-9,16H,1-6H3. The highest BCUT2D eigenvalue weighted by atomic mass is 32.2. The number of carbonyl (C=O) groups excluding carboxylic acids is 1. The topological polar surface area (TPSA) is 80.4 Å². The molecule has 9 heteroatoms. The molecule has 0 N–H and O–H groups in total. The molecule has 26 heavy (non-hydrogen) atoms. The molecule has 3 rings (SSSR count). The summed E-state index contributed by atoms with van der Waals surface area (Å²) in [6.07, 6.45) is 3.10. The Morgan fingerprint density at radius 1 is 1.38 bits per heavy atom. The lowest BCUT2D eigenvalue weighted by Gasteiger charge is -2.22. The van der Waals surface area contributed by atoms with E-state index in [1.165, 1.54) is 32.2 Å². The summed E-state index contributed by atoms with van der Waals surface area (Å²) in [5.74, 6) is 1.01. The number of anilines is 1. The average Bonchev–Trinajstić information content (AvgIpc) is 3.28. The summed E-state index contributed by atoms with van der Waals surface area (Å²) >= 11 is 1.48. The van der Waals surface area contributed by atoms with Crippen molar-refractivity contribution >= 4 is 29.9 Å². The minimum atomic E-state index is -0.457. The molecule has 1 unspecified atom stereocenters. The Kier molecular flexibility index (Phi) is 4.74. The van der Waals surface area contributed by atoms with Gasteiger partial charge in [0.25, 0.3) is 0 Å². The number of nitrogens with zero attached hydrogens (tertiary/aromatic N) is 4.